The Morgan fingerprint density at radius 3 is 2.06 bits per heavy atom. The van der Waals surface area contributed by atoms with Crippen molar-refractivity contribution in [3.8, 4) is 5.75 Å². The predicted octanol–water partition coefficient (Wildman–Crippen LogP) is 6.84. The first kappa shape index (κ1) is 25.2. The van der Waals surface area contributed by atoms with E-state index >= 15 is 0 Å². The van der Waals surface area contributed by atoms with Gasteiger partial charge in [0.2, 0.25) is 0 Å². The number of hydrogen-bond acceptors (Lipinski definition) is 4. The highest BCUT2D eigenvalue weighted by Crippen LogP contribution is 2.42. The van der Waals surface area contributed by atoms with Crippen LogP contribution in [0.3, 0.4) is 0 Å². The number of carbonyl (C=O) groups is 2. The van der Waals surface area contributed by atoms with Crippen molar-refractivity contribution in [3.05, 3.63) is 100 Å². The number of hydrogen-bond donors (Lipinski definition) is 1. The molecule has 1 amide bonds. The largest absolute Gasteiger partial charge is 0.507 e. The monoisotopic (exact) mass is 483 g/mol. The second kappa shape index (κ2) is 10.0. The average Bonchev–Trinajstić information content (AvgIpc) is 3.11. The van der Waals surface area contributed by atoms with Crippen LogP contribution in [0.25, 0.3) is 5.76 Å². The van der Waals surface area contributed by atoms with Gasteiger partial charge in [-0.25, -0.2) is 0 Å². The van der Waals surface area contributed by atoms with Crippen LogP contribution >= 0.6 is 0 Å². The lowest BCUT2D eigenvalue weighted by Crippen LogP contribution is -2.29. The number of aliphatic hydroxyl groups is 1. The van der Waals surface area contributed by atoms with Crippen LogP contribution in [0.2, 0.25) is 0 Å². The Hall–Kier alpha value is -3.86. The molecule has 186 valence electrons. The molecule has 3 aromatic carbocycles. The number of ketones is 1. The Bertz CT molecular complexity index is 1320. The summed E-state index contributed by atoms with van der Waals surface area (Å²) in [6.45, 7) is 12.0. The summed E-state index contributed by atoms with van der Waals surface area (Å²) in [7, 11) is 0. The minimum Gasteiger partial charge on any atom is -0.507 e. The number of Topliss-reactive ketones (excluding diaryl/α,β-unsaturated/α-hetero) is 1. The fourth-order valence-electron chi connectivity index (χ4n) is 4.48. The summed E-state index contributed by atoms with van der Waals surface area (Å²) < 4.78 is 5.78. The molecule has 5 heteroatoms. The molecule has 1 aliphatic heterocycles. The molecule has 3 aromatic rings. The molecule has 1 fully saturated rings. The Labute approximate surface area is 213 Å². The highest BCUT2D eigenvalue weighted by Gasteiger charge is 2.47. The molecule has 1 aliphatic rings. The molecule has 4 rings (SSSR count). The third-order valence-electron chi connectivity index (χ3n) is 6.63. The molecule has 1 unspecified atom stereocenters. The minimum absolute atomic E-state index is 0.0192. The van der Waals surface area contributed by atoms with Crippen LogP contribution in [0.1, 0.15) is 67.5 Å². The van der Waals surface area contributed by atoms with E-state index in [2.05, 4.69) is 13.8 Å². The topological polar surface area (TPSA) is 66.8 Å². The van der Waals surface area contributed by atoms with E-state index < -0.39 is 17.7 Å². The molecule has 5 nitrogen and oxygen atoms in total. The zero-order chi connectivity index (χ0) is 26.1. The number of benzene rings is 3. The van der Waals surface area contributed by atoms with Crippen molar-refractivity contribution in [2.75, 3.05) is 4.90 Å². The number of aliphatic hydroxyl groups excluding tert-OH is 1. The van der Waals surface area contributed by atoms with Crippen LogP contribution in [0.4, 0.5) is 5.69 Å². The van der Waals surface area contributed by atoms with E-state index in [4.69, 9.17) is 4.74 Å². The van der Waals surface area contributed by atoms with Gasteiger partial charge < -0.3 is 9.84 Å². The molecule has 1 saturated heterocycles. The Morgan fingerprint density at radius 1 is 0.861 bits per heavy atom. The van der Waals surface area contributed by atoms with Crippen molar-refractivity contribution in [2.24, 2.45) is 0 Å². The van der Waals surface area contributed by atoms with Gasteiger partial charge in [-0.2, -0.15) is 0 Å². The van der Waals surface area contributed by atoms with Gasteiger partial charge in [0.05, 0.1) is 17.7 Å². The number of anilines is 1. The van der Waals surface area contributed by atoms with Gasteiger partial charge in [0.25, 0.3) is 11.7 Å². The summed E-state index contributed by atoms with van der Waals surface area (Å²) in [6, 6.07) is 19.8. The molecule has 0 aliphatic carbocycles. The SMILES string of the molecule is Cc1ccc(/C(O)=C2/C(=O)C(=O)N(c3ccc(C(C)C)cc3)C2c2ccc(OC(C)C)cc2)cc1C. The number of ether oxygens (including phenoxy) is 1. The quantitative estimate of drug-likeness (QED) is 0.237. The van der Waals surface area contributed by atoms with Gasteiger partial charge in [0.15, 0.2) is 0 Å². The molecule has 0 aromatic heterocycles. The van der Waals surface area contributed by atoms with E-state index in [1.165, 1.54) is 4.90 Å². The van der Waals surface area contributed by atoms with E-state index in [1.54, 1.807) is 6.07 Å². The third kappa shape index (κ3) is 4.78. The maximum atomic E-state index is 13.4. The first-order valence-corrected chi connectivity index (χ1v) is 12.3. The zero-order valence-electron chi connectivity index (χ0n) is 21.7. The Kier molecular flexibility index (Phi) is 7.02. The maximum Gasteiger partial charge on any atom is 0.300 e. The molecule has 1 heterocycles. The van der Waals surface area contributed by atoms with Crippen molar-refractivity contribution in [1.29, 1.82) is 0 Å². The second-order valence-electron chi connectivity index (χ2n) is 9.95. The van der Waals surface area contributed by atoms with Gasteiger partial charge in [0, 0.05) is 11.3 Å². The molecule has 0 saturated carbocycles. The fraction of sp³-hybridized carbons (Fsp3) is 0.290. The van der Waals surface area contributed by atoms with E-state index in [0.29, 0.717) is 28.5 Å². The van der Waals surface area contributed by atoms with Gasteiger partial charge in [-0.3, -0.25) is 14.5 Å². The van der Waals surface area contributed by atoms with Gasteiger partial charge in [-0.15, -0.1) is 0 Å². The summed E-state index contributed by atoms with van der Waals surface area (Å²) in [5.41, 5.74) is 5.11. The first-order chi connectivity index (χ1) is 17.1. The molecular formula is C31H33NO4. The average molecular weight is 484 g/mol. The summed E-state index contributed by atoms with van der Waals surface area (Å²) in [5.74, 6) is -0.508. The highest BCUT2D eigenvalue weighted by atomic mass is 16.5. The number of rotatable bonds is 6. The lowest BCUT2D eigenvalue weighted by molar-refractivity contribution is -0.132. The van der Waals surface area contributed by atoms with Crippen molar-refractivity contribution < 1.29 is 19.4 Å². The zero-order valence-corrected chi connectivity index (χ0v) is 21.7. The molecular weight excluding hydrogens is 450 g/mol. The molecule has 0 radical (unpaired) electrons. The van der Waals surface area contributed by atoms with E-state index in [0.717, 1.165) is 16.7 Å². The maximum absolute atomic E-state index is 13.4. The Balaban J connectivity index is 1.88. The number of nitrogens with zero attached hydrogens (tertiary/aromatic N) is 1. The predicted molar refractivity (Wildman–Crippen MR) is 143 cm³/mol. The van der Waals surface area contributed by atoms with Crippen LogP contribution in [-0.4, -0.2) is 22.9 Å². The van der Waals surface area contributed by atoms with Gasteiger partial charge in [0.1, 0.15) is 11.5 Å². The lowest BCUT2D eigenvalue weighted by atomic mass is 9.94. The molecule has 0 spiro atoms. The molecule has 0 bridgehead atoms. The first-order valence-electron chi connectivity index (χ1n) is 12.3. The summed E-state index contributed by atoms with van der Waals surface area (Å²) in [4.78, 5) is 28.3. The van der Waals surface area contributed by atoms with E-state index in [1.807, 2.05) is 88.4 Å². The summed E-state index contributed by atoms with van der Waals surface area (Å²) in [6.07, 6.45) is 0.0192. The third-order valence-corrected chi connectivity index (χ3v) is 6.63. The van der Waals surface area contributed by atoms with Crippen molar-refractivity contribution in [3.63, 3.8) is 0 Å². The van der Waals surface area contributed by atoms with Gasteiger partial charge in [-0.1, -0.05) is 50.2 Å². The fourth-order valence-corrected chi connectivity index (χ4v) is 4.48. The van der Waals surface area contributed by atoms with Crippen LogP contribution < -0.4 is 9.64 Å². The van der Waals surface area contributed by atoms with Crippen LogP contribution in [0, 0.1) is 13.8 Å². The standard InChI is InChI=1S/C31H33NO4/c1-18(2)22-9-13-25(14-10-22)32-28(23-11-15-26(16-12-23)36-19(3)4)27(30(34)31(32)35)29(33)24-8-7-20(5)21(6)17-24/h7-19,28,33H,1-6H3/b29-27-. The van der Waals surface area contributed by atoms with Gasteiger partial charge >= 0.3 is 0 Å². The van der Waals surface area contributed by atoms with Crippen molar-refractivity contribution in [2.45, 2.75) is 59.6 Å². The van der Waals surface area contributed by atoms with Crippen molar-refractivity contribution in [1.82, 2.24) is 0 Å². The van der Waals surface area contributed by atoms with Crippen LogP contribution in [0.15, 0.2) is 72.3 Å². The lowest BCUT2D eigenvalue weighted by Gasteiger charge is -2.26. The van der Waals surface area contributed by atoms with Gasteiger partial charge in [-0.05, 0) is 86.2 Å². The van der Waals surface area contributed by atoms with Crippen LogP contribution in [-0.2, 0) is 9.59 Å². The molecule has 1 atom stereocenters. The van der Waals surface area contributed by atoms with Crippen LogP contribution in [0.5, 0.6) is 5.75 Å². The van der Waals surface area contributed by atoms with E-state index in [9.17, 15) is 14.7 Å². The van der Waals surface area contributed by atoms with Crippen molar-refractivity contribution >= 4 is 23.1 Å². The highest BCUT2D eigenvalue weighted by molar-refractivity contribution is 6.51. The normalized spacial score (nSPS) is 17.3. The van der Waals surface area contributed by atoms with E-state index in [-0.39, 0.29) is 17.4 Å². The molecule has 1 N–H and O–H groups in total. The number of aryl methyl sites for hydroxylation is 2. The molecule has 36 heavy (non-hydrogen) atoms. The minimum atomic E-state index is -0.774. The second-order valence-corrected chi connectivity index (χ2v) is 9.95. The summed E-state index contributed by atoms with van der Waals surface area (Å²) in [5, 5.41) is 11.4. The number of amides is 1. The Morgan fingerprint density at radius 2 is 1.50 bits per heavy atom. The smallest absolute Gasteiger partial charge is 0.300 e. The number of carbonyl (C=O) groups excluding carboxylic acids is 2. The summed E-state index contributed by atoms with van der Waals surface area (Å²) >= 11 is 0.